The molecule has 7 heteroatoms. The van der Waals surface area contributed by atoms with Gasteiger partial charge in [-0.15, -0.1) is 0 Å². The van der Waals surface area contributed by atoms with E-state index in [9.17, 15) is 18.3 Å². The lowest BCUT2D eigenvalue weighted by Crippen LogP contribution is -2.43. The molecule has 0 aromatic heterocycles. The van der Waals surface area contributed by atoms with E-state index < -0.39 is 21.8 Å². The summed E-state index contributed by atoms with van der Waals surface area (Å²) in [6, 6.07) is 13.9. The highest BCUT2D eigenvalue weighted by molar-refractivity contribution is 7.91. The average Bonchev–Trinajstić information content (AvgIpc) is 3.08. The summed E-state index contributed by atoms with van der Waals surface area (Å²) in [5.74, 6) is -0.300. The maximum absolute atomic E-state index is 11.9. The van der Waals surface area contributed by atoms with Gasteiger partial charge in [0.05, 0.1) is 11.5 Å². The van der Waals surface area contributed by atoms with Crippen LogP contribution in [-0.4, -0.2) is 55.0 Å². The summed E-state index contributed by atoms with van der Waals surface area (Å²) in [5.41, 5.74) is 5.64. The van der Waals surface area contributed by atoms with E-state index in [0.717, 1.165) is 23.2 Å². The van der Waals surface area contributed by atoms with Crippen molar-refractivity contribution in [2.45, 2.75) is 24.9 Å². The molecular formula is C22H24N2O4S. The summed E-state index contributed by atoms with van der Waals surface area (Å²) in [5, 5.41) is 13.0. The fourth-order valence-corrected chi connectivity index (χ4v) is 6.40. The molecule has 6 nitrogen and oxygen atoms in total. The number of carbonyl (C=O) groups is 1. The summed E-state index contributed by atoms with van der Waals surface area (Å²) >= 11 is 0. The van der Waals surface area contributed by atoms with E-state index in [2.05, 4.69) is 28.4 Å². The van der Waals surface area contributed by atoms with Crippen LogP contribution >= 0.6 is 0 Å². The predicted molar refractivity (Wildman–Crippen MR) is 111 cm³/mol. The molecule has 5 rings (SSSR count). The van der Waals surface area contributed by atoms with Crippen molar-refractivity contribution in [1.82, 2.24) is 4.90 Å². The Balaban J connectivity index is 1.48. The lowest BCUT2D eigenvalue weighted by Gasteiger charge is -2.36. The van der Waals surface area contributed by atoms with Crippen LogP contribution in [0.15, 0.2) is 42.5 Å². The molecule has 0 radical (unpaired) electrons. The molecule has 2 aromatic carbocycles. The Morgan fingerprint density at radius 1 is 1.10 bits per heavy atom. The molecule has 0 bridgehead atoms. The maximum atomic E-state index is 11.9. The maximum Gasteiger partial charge on any atom is 0.326 e. The molecule has 2 heterocycles. The van der Waals surface area contributed by atoms with Gasteiger partial charge in [-0.1, -0.05) is 36.4 Å². The zero-order chi connectivity index (χ0) is 20.2. The molecule has 1 saturated heterocycles. The van der Waals surface area contributed by atoms with Gasteiger partial charge < -0.3 is 10.4 Å². The number of benzene rings is 2. The quantitative estimate of drug-likeness (QED) is 0.803. The summed E-state index contributed by atoms with van der Waals surface area (Å²) in [6.07, 6.45) is 0.762. The van der Waals surface area contributed by atoms with Crippen molar-refractivity contribution in [1.29, 1.82) is 0 Å². The van der Waals surface area contributed by atoms with Crippen LogP contribution in [0.5, 0.6) is 0 Å². The summed E-state index contributed by atoms with van der Waals surface area (Å²) in [6.45, 7) is 1.84. The van der Waals surface area contributed by atoms with Gasteiger partial charge >= 0.3 is 5.97 Å². The van der Waals surface area contributed by atoms with E-state index in [1.807, 2.05) is 24.3 Å². The van der Waals surface area contributed by atoms with Crippen LogP contribution in [0.4, 0.5) is 5.69 Å². The van der Waals surface area contributed by atoms with Gasteiger partial charge in [0.1, 0.15) is 6.04 Å². The summed E-state index contributed by atoms with van der Waals surface area (Å²) in [4.78, 5) is 14.1. The highest BCUT2D eigenvalue weighted by Gasteiger charge is 2.45. The van der Waals surface area contributed by atoms with Crippen molar-refractivity contribution in [3.8, 4) is 0 Å². The highest BCUT2D eigenvalue weighted by Crippen LogP contribution is 2.49. The second-order valence-corrected chi connectivity index (χ2v) is 10.7. The molecule has 0 amide bonds. The normalized spacial score (nSPS) is 27.4. The van der Waals surface area contributed by atoms with Crippen molar-refractivity contribution in [3.63, 3.8) is 0 Å². The van der Waals surface area contributed by atoms with E-state index in [4.69, 9.17) is 0 Å². The van der Waals surface area contributed by atoms with Crippen LogP contribution in [0.2, 0.25) is 0 Å². The van der Waals surface area contributed by atoms with Crippen molar-refractivity contribution in [2.24, 2.45) is 5.92 Å². The number of carboxylic acid groups (broad SMARTS) is 1. The fourth-order valence-electron chi connectivity index (χ4n) is 5.12. The largest absolute Gasteiger partial charge is 0.480 e. The average molecular weight is 413 g/mol. The second-order valence-electron chi connectivity index (χ2n) is 8.35. The van der Waals surface area contributed by atoms with Crippen molar-refractivity contribution < 1.29 is 18.3 Å². The van der Waals surface area contributed by atoms with Gasteiger partial charge in [-0.05, 0) is 34.7 Å². The molecular weight excluding hydrogens is 388 g/mol. The Kier molecular flexibility index (Phi) is 4.40. The number of carboxylic acids is 1. The molecule has 3 atom stereocenters. The monoisotopic (exact) mass is 412 g/mol. The molecule has 2 aromatic rings. The number of rotatable bonds is 3. The van der Waals surface area contributed by atoms with Crippen molar-refractivity contribution in [2.75, 3.05) is 29.9 Å². The zero-order valence-electron chi connectivity index (χ0n) is 16.0. The van der Waals surface area contributed by atoms with Crippen molar-refractivity contribution in [3.05, 3.63) is 64.7 Å². The minimum atomic E-state index is -2.89. The van der Waals surface area contributed by atoms with Crippen molar-refractivity contribution >= 4 is 21.5 Å². The van der Waals surface area contributed by atoms with Crippen LogP contribution in [0.25, 0.3) is 0 Å². The fraction of sp³-hybridized carbons (Fsp3) is 0.409. The first kappa shape index (κ1) is 18.6. The zero-order valence-corrected chi connectivity index (χ0v) is 16.9. The first-order chi connectivity index (χ1) is 13.9. The van der Waals surface area contributed by atoms with Crippen LogP contribution in [0.3, 0.4) is 0 Å². The number of nitrogens with one attached hydrogen (secondary N) is 1. The predicted octanol–water partition coefficient (Wildman–Crippen LogP) is 2.10. The number of nitrogens with zero attached hydrogens (tertiary/aromatic N) is 1. The number of aliphatic carboxylic acids is 1. The van der Waals surface area contributed by atoms with E-state index in [1.165, 1.54) is 11.1 Å². The smallest absolute Gasteiger partial charge is 0.326 e. The van der Waals surface area contributed by atoms with Gasteiger partial charge in [0.25, 0.3) is 0 Å². The lowest BCUT2D eigenvalue weighted by molar-refractivity contribution is -0.139. The Morgan fingerprint density at radius 3 is 2.62 bits per heavy atom. The van der Waals surface area contributed by atoms with Crippen LogP contribution in [0.1, 0.15) is 28.2 Å². The molecule has 1 aliphatic carbocycles. The standard InChI is InChI=1S/C22H24N2O4S/c25-22(26)21-18-12-15-3-1-2-4-16(15)20(18)17-11-14(5-6-19(17)23-21)13-24-7-9-29(27,28)10-8-24/h1-6,11,18,20-21,23H,7-10,12-13H2,(H,25,26). The Hall–Kier alpha value is -2.38. The van der Waals surface area contributed by atoms with E-state index >= 15 is 0 Å². The van der Waals surface area contributed by atoms with E-state index in [-0.39, 0.29) is 23.3 Å². The SMILES string of the molecule is O=C(O)C1Nc2ccc(CN3CCS(=O)(=O)CC3)cc2C2c3ccccc3CC12. The van der Waals surface area contributed by atoms with Gasteiger partial charge in [-0.2, -0.15) is 0 Å². The molecule has 3 unspecified atom stereocenters. The number of fused-ring (bicyclic) bond motifs is 5. The first-order valence-electron chi connectivity index (χ1n) is 10.0. The Morgan fingerprint density at radius 2 is 1.86 bits per heavy atom. The summed E-state index contributed by atoms with van der Waals surface area (Å²) in [7, 11) is -2.89. The molecule has 152 valence electrons. The lowest BCUT2D eigenvalue weighted by atomic mass is 9.77. The highest BCUT2D eigenvalue weighted by atomic mass is 32.2. The second kappa shape index (κ2) is 6.85. The number of hydrogen-bond donors (Lipinski definition) is 2. The van der Waals surface area contributed by atoms with Crippen LogP contribution in [0, 0.1) is 5.92 Å². The van der Waals surface area contributed by atoms with Gasteiger partial charge in [0.2, 0.25) is 0 Å². The molecule has 3 aliphatic rings. The number of anilines is 1. The topological polar surface area (TPSA) is 86.7 Å². The molecule has 29 heavy (non-hydrogen) atoms. The van der Waals surface area contributed by atoms with Gasteiger partial charge in [0.15, 0.2) is 9.84 Å². The van der Waals surface area contributed by atoms with Gasteiger partial charge in [0, 0.05) is 37.2 Å². The van der Waals surface area contributed by atoms with E-state index in [0.29, 0.717) is 19.6 Å². The third-order valence-electron chi connectivity index (χ3n) is 6.57. The molecule has 2 N–H and O–H groups in total. The molecule has 2 aliphatic heterocycles. The summed E-state index contributed by atoms with van der Waals surface area (Å²) < 4.78 is 23.4. The molecule has 0 spiro atoms. The van der Waals surface area contributed by atoms with Crippen LogP contribution in [-0.2, 0) is 27.6 Å². The minimum Gasteiger partial charge on any atom is -0.480 e. The third-order valence-corrected chi connectivity index (χ3v) is 8.18. The van der Waals surface area contributed by atoms with E-state index in [1.54, 1.807) is 0 Å². The molecule has 1 fully saturated rings. The number of sulfone groups is 1. The number of hydrogen-bond acceptors (Lipinski definition) is 5. The van der Waals surface area contributed by atoms with Gasteiger partial charge in [-0.25, -0.2) is 13.2 Å². The Bertz CT molecular complexity index is 1070. The van der Waals surface area contributed by atoms with Crippen LogP contribution < -0.4 is 5.32 Å². The minimum absolute atomic E-state index is 0.00669. The Labute approximate surface area is 170 Å². The molecule has 0 saturated carbocycles. The third kappa shape index (κ3) is 3.32. The first-order valence-corrected chi connectivity index (χ1v) is 11.9. The van der Waals surface area contributed by atoms with Gasteiger partial charge in [-0.3, -0.25) is 4.90 Å².